The maximum atomic E-state index is 13.5. The quantitative estimate of drug-likeness (QED) is 0.392. The van der Waals surface area contributed by atoms with Crippen molar-refractivity contribution in [1.29, 1.82) is 0 Å². The van der Waals surface area contributed by atoms with Crippen molar-refractivity contribution >= 4 is 23.3 Å². The van der Waals surface area contributed by atoms with Crippen LogP contribution in [0.4, 0.5) is 23.2 Å². The van der Waals surface area contributed by atoms with Crippen molar-refractivity contribution in [1.82, 2.24) is 9.88 Å². The van der Waals surface area contributed by atoms with E-state index in [1.54, 1.807) is 19.2 Å². The number of nitrogens with zero attached hydrogens (tertiary/aromatic N) is 1. The molecule has 0 spiro atoms. The molecule has 0 aliphatic heterocycles. The van der Waals surface area contributed by atoms with Crippen molar-refractivity contribution in [2.24, 2.45) is 7.05 Å². The van der Waals surface area contributed by atoms with E-state index in [1.807, 2.05) is 0 Å². The van der Waals surface area contributed by atoms with Gasteiger partial charge in [-0.1, -0.05) is 0 Å². The number of Topliss-reactive ketones (excluding diaryl/α,β-unsaturated/α-hetero) is 1. The molecule has 1 saturated carbocycles. The predicted molar refractivity (Wildman–Crippen MR) is 109 cm³/mol. The van der Waals surface area contributed by atoms with E-state index in [1.165, 1.54) is 29.8 Å². The lowest BCUT2D eigenvalue weighted by atomic mass is 10.0. The fraction of sp³-hybridized carbons (Fsp3) is 0.409. The maximum Gasteiger partial charge on any atom is 0.408 e. The normalized spacial score (nSPS) is 14.8. The molecule has 172 valence electrons. The Kier molecular flexibility index (Phi) is 6.17. The van der Waals surface area contributed by atoms with Gasteiger partial charge in [0.15, 0.2) is 0 Å². The summed E-state index contributed by atoms with van der Waals surface area (Å²) in [6.45, 7) is 3.88. The van der Waals surface area contributed by atoms with Crippen LogP contribution in [0.2, 0.25) is 0 Å². The number of nitrogens with one attached hydrogen (secondary N) is 2. The van der Waals surface area contributed by atoms with Crippen molar-refractivity contribution in [3.8, 4) is 0 Å². The van der Waals surface area contributed by atoms with E-state index < -0.39 is 35.6 Å². The average molecular weight is 453 g/mol. The summed E-state index contributed by atoms with van der Waals surface area (Å²) < 4.78 is 53.3. The van der Waals surface area contributed by atoms with Gasteiger partial charge in [-0.05, 0) is 68.9 Å². The molecule has 6 nitrogen and oxygen atoms in total. The maximum absolute atomic E-state index is 13.5. The summed E-state index contributed by atoms with van der Waals surface area (Å²) >= 11 is 0. The molecule has 1 aliphatic carbocycles. The van der Waals surface area contributed by atoms with E-state index >= 15 is 0 Å². The largest absolute Gasteiger partial charge is 0.408 e. The molecular weight excluding hydrogens is 430 g/mol. The lowest BCUT2D eigenvalue weighted by Gasteiger charge is -2.17. The van der Waals surface area contributed by atoms with E-state index in [0.717, 1.165) is 6.92 Å². The third kappa shape index (κ3) is 4.53. The number of aromatic nitrogens is 1. The number of hydrogen-bond acceptors (Lipinski definition) is 3. The Morgan fingerprint density at radius 2 is 1.78 bits per heavy atom. The molecule has 3 rings (SSSR count). The second-order valence-electron chi connectivity index (χ2n) is 8.04. The van der Waals surface area contributed by atoms with Gasteiger partial charge in [-0.25, -0.2) is 4.39 Å². The van der Waals surface area contributed by atoms with Gasteiger partial charge in [0.25, 0.3) is 17.6 Å². The first-order valence-electron chi connectivity index (χ1n) is 10.0. The summed E-state index contributed by atoms with van der Waals surface area (Å²) in [5.41, 5.74) is 1.52. The topological polar surface area (TPSA) is 80.2 Å². The number of carbonyl (C=O) groups excluding carboxylic acids is 3. The van der Waals surface area contributed by atoms with Crippen LogP contribution in [0.25, 0.3) is 0 Å². The minimum absolute atomic E-state index is 0.0997. The fourth-order valence-corrected chi connectivity index (χ4v) is 3.53. The Morgan fingerprint density at radius 1 is 1.16 bits per heavy atom. The summed E-state index contributed by atoms with van der Waals surface area (Å²) in [5.74, 6) is -3.65. The summed E-state index contributed by atoms with van der Waals surface area (Å²) in [6.07, 6.45) is -3.34. The van der Waals surface area contributed by atoms with Gasteiger partial charge in [-0.15, -0.1) is 0 Å². The highest BCUT2D eigenvalue weighted by Gasteiger charge is 2.41. The molecule has 1 fully saturated rings. The summed E-state index contributed by atoms with van der Waals surface area (Å²) in [6, 6.07) is 1.87. The van der Waals surface area contributed by atoms with Crippen LogP contribution in [0, 0.1) is 19.7 Å². The predicted octanol–water partition coefficient (Wildman–Crippen LogP) is 4.16. The third-order valence-electron chi connectivity index (χ3n) is 5.61. The lowest BCUT2D eigenvalue weighted by molar-refractivity contribution is -0.156. The van der Waals surface area contributed by atoms with Crippen LogP contribution in [0.5, 0.6) is 0 Å². The Hall–Kier alpha value is -3.17. The van der Waals surface area contributed by atoms with E-state index in [0.29, 0.717) is 35.3 Å². The van der Waals surface area contributed by atoms with Gasteiger partial charge in [0, 0.05) is 18.4 Å². The van der Waals surface area contributed by atoms with Gasteiger partial charge in [0.1, 0.15) is 11.9 Å². The molecule has 1 aromatic heterocycles. The number of hydrogen-bond donors (Lipinski definition) is 2. The number of rotatable bonds is 6. The fourth-order valence-electron chi connectivity index (χ4n) is 3.53. The molecule has 1 aromatic carbocycles. The number of ketones is 1. The first-order chi connectivity index (χ1) is 14.8. The molecule has 0 bridgehead atoms. The van der Waals surface area contributed by atoms with E-state index in [9.17, 15) is 31.9 Å². The number of aryl methyl sites for hydroxylation is 1. The van der Waals surface area contributed by atoms with Gasteiger partial charge >= 0.3 is 6.18 Å². The number of alkyl halides is 3. The molecule has 1 aliphatic rings. The first kappa shape index (κ1) is 23.5. The van der Waals surface area contributed by atoms with Gasteiger partial charge in [0.05, 0.1) is 11.3 Å². The highest BCUT2D eigenvalue weighted by atomic mass is 19.4. The second kappa shape index (κ2) is 8.40. The van der Waals surface area contributed by atoms with Gasteiger partial charge in [-0.3, -0.25) is 14.4 Å². The molecule has 0 unspecified atom stereocenters. The minimum atomic E-state index is -4.70. The molecule has 2 aromatic rings. The standard InChI is InChI=1S/C22H23F4N3O3/c1-10-9-14(7-8-15(10)23)28-20(31)16-11(2)29(4)18(17(16)13-5-6-13)19(30)21(32)27-12(3)22(24,25)26/h7-9,12-13H,5-6H2,1-4H3,(H,27,32)(H,28,31)/t12-/m1/s1. The molecule has 1 heterocycles. The summed E-state index contributed by atoms with van der Waals surface area (Å²) in [4.78, 5) is 38.2. The summed E-state index contributed by atoms with van der Waals surface area (Å²) in [7, 11) is 1.48. The molecule has 32 heavy (non-hydrogen) atoms. The van der Waals surface area contributed by atoms with Crippen LogP contribution < -0.4 is 10.6 Å². The average Bonchev–Trinajstić information content (AvgIpc) is 3.50. The zero-order chi connectivity index (χ0) is 24.0. The van der Waals surface area contributed by atoms with Crippen molar-refractivity contribution < 1.29 is 31.9 Å². The Balaban J connectivity index is 1.96. The van der Waals surface area contributed by atoms with Crippen molar-refractivity contribution in [3.63, 3.8) is 0 Å². The highest BCUT2D eigenvalue weighted by Crippen LogP contribution is 2.45. The van der Waals surface area contributed by atoms with Gasteiger partial charge < -0.3 is 15.2 Å². The summed E-state index contributed by atoms with van der Waals surface area (Å²) in [5, 5.41) is 4.35. The van der Waals surface area contributed by atoms with Crippen molar-refractivity contribution in [2.75, 3.05) is 5.32 Å². The Labute approximate surface area is 182 Å². The molecule has 10 heteroatoms. The first-order valence-corrected chi connectivity index (χ1v) is 10.0. The van der Waals surface area contributed by atoms with Crippen molar-refractivity contribution in [3.05, 3.63) is 52.1 Å². The van der Waals surface area contributed by atoms with Crippen LogP contribution in [0.1, 0.15) is 63.4 Å². The SMILES string of the molecule is Cc1cc(NC(=O)c2c(C3CC3)c(C(=O)C(=O)N[C@H](C)C(F)(F)F)n(C)c2C)ccc1F. The minimum Gasteiger partial charge on any atom is -0.344 e. The number of amides is 2. The molecular formula is C22H23F4N3O3. The lowest BCUT2D eigenvalue weighted by Crippen LogP contribution is -2.46. The Morgan fingerprint density at radius 3 is 2.31 bits per heavy atom. The van der Waals surface area contributed by atoms with Gasteiger partial charge in [0.2, 0.25) is 0 Å². The highest BCUT2D eigenvalue weighted by molar-refractivity contribution is 6.43. The Bertz CT molecular complexity index is 1100. The van der Waals surface area contributed by atoms with E-state index in [-0.39, 0.29) is 17.2 Å². The van der Waals surface area contributed by atoms with Crippen LogP contribution >= 0.6 is 0 Å². The number of carbonyl (C=O) groups is 3. The van der Waals surface area contributed by atoms with Crippen LogP contribution in [0.15, 0.2) is 18.2 Å². The zero-order valence-corrected chi connectivity index (χ0v) is 18.0. The number of anilines is 1. The third-order valence-corrected chi connectivity index (χ3v) is 5.61. The molecule has 0 radical (unpaired) electrons. The molecule has 0 saturated heterocycles. The van der Waals surface area contributed by atoms with Crippen molar-refractivity contribution in [2.45, 2.75) is 51.7 Å². The molecule has 1 atom stereocenters. The smallest absolute Gasteiger partial charge is 0.344 e. The van der Waals surface area contributed by atoms with Crippen LogP contribution in [-0.4, -0.2) is 34.4 Å². The van der Waals surface area contributed by atoms with E-state index in [4.69, 9.17) is 0 Å². The number of benzene rings is 1. The monoisotopic (exact) mass is 453 g/mol. The molecule has 2 N–H and O–H groups in total. The molecule has 2 amide bonds. The number of halogens is 4. The van der Waals surface area contributed by atoms with Gasteiger partial charge in [-0.2, -0.15) is 13.2 Å². The van der Waals surface area contributed by atoms with Crippen LogP contribution in [0.3, 0.4) is 0 Å². The zero-order valence-electron chi connectivity index (χ0n) is 18.0. The second-order valence-corrected chi connectivity index (χ2v) is 8.04. The van der Waals surface area contributed by atoms with Crippen LogP contribution in [-0.2, 0) is 11.8 Å². The van der Waals surface area contributed by atoms with E-state index in [2.05, 4.69) is 5.32 Å².